The average molecular weight is 144 g/mol. The lowest BCUT2D eigenvalue weighted by molar-refractivity contribution is 0.117. The van der Waals surface area contributed by atoms with E-state index in [9.17, 15) is 0 Å². The van der Waals surface area contributed by atoms with Gasteiger partial charge in [-0.25, -0.2) is 0 Å². The lowest BCUT2D eigenvalue weighted by atomic mass is 15.7. The van der Waals surface area contributed by atoms with Crippen molar-refractivity contribution < 1.29 is 24.0 Å². The van der Waals surface area contributed by atoms with E-state index in [1.807, 2.05) is 0 Å². The molecule has 5 N–H and O–H groups in total. The second kappa shape index (κ2) is 4.39. The minimum Gasteiger partial charge on any atom is -0.442 e. The van der Waals surface area contributed by atoms with Crippen LogP contribution in [0.1, 0.15) is 0 Å². The molecule has 0 spiro atoms. The van der Waals surface area contributed by atoms with Gasteiger partial charge in [0.2, 0.25) is 0 Å². The van der Waals surface area contributed by atoms with E-state index in [0.29, 0.717) is 10.5 Å². The Morgan fingerprint density at radius 3 is 0.857 bits per heavy atom. The Labute approximate surface area is 44.5 Å². The third-order valence-electron chi connectivity index (χ3n) is 0. The lowest BCUT2D eigenvalue weighted by Crippen LogP contribution is -2.33. The van der Waals surface area contributed by atoms with E-state index in [1.165, 1.54) is 0 Å². The quantitative estimate of drug-likeness (QED) is 0.221. The summed E-state index contributed by atoms with van der Waals surface area (Å²) in [5.74, 6) is 0. The van der Waals surface area contributed by atoms with Crippen LogP contribution in [0.15, 0.2) is 0 Å². The van der Waals surface area contributed by atoms with Crippen LogP contribution in [0.5, 0.6) is 0 Å². The fourth-order valence-electron chi connectivity index (χ4n) is 0. The molecule has 0 aromatic heterocycles. The second-order valence-electron chi connectivity index (χ2n) is 0.600. The van der Waals surface area contributed by atoms with Crippen molar-refractivity contribution in [1.82, 2.24) is 0 Å². The van der Waals surface area contributed by atoms with Crippen LogP contribution in [0, 0.1) is 0 Å². The molecule has 0 saturated carbocycles. The molecule has 0 bridgehead atoms. The Hall–Kier alpha value is 0.234. The summed E-state index contributed by atoms with van der Waals surface area (Å²) in [4.78, 5) is 36.4. The molecule has 0 aliphatic rings. The van der Waals surface area contributed by atoms with Crippen LogP contribution < -0.4 is 0 Å². The Morgan fingerprint density at radius 2 is 0.857 bits per heavy atom. The molecule has 0 aliphatic heterocycles. The molecular weight excluding hydrogens is 136 g/mol. The van der Waals surface area contributed by atoms with E-state index in [0.717, 1.165) is 0 Å². The monoisotopic (exact) mass is 144 g/mol. The Balaban J connectivity index is 0. The van der Waals surface area contributed by atoms with Crippen molar-refractivity contribution in [3.05, 3.63) is 0 Å². The van der Waals surface area contributed by atoms with Crippen molar-refractivity contribution >= 4 is 19.5 Å². The van der Waals surface area contributed by atoms with Gasteiger partial charge in [-0.05, 0) is 0 Å². The molecule has 5 nitrogen and oxygen atoms in total. The first kappa shape index (κ1) is 10.3. The van der Waals surface area contributed by atoms with Crippen LogP contribution >= 0.6 is 0 Å². The molecule has 0 aliphatic carbocycles. The standard InChI is InChI=1S/H4O4Si.H4OSi/c1-5(2,3)4;1-2/h1-4H;1H,2H3. The minimum absolute atomic E-state index is 0.306. The van der Waals surface area contributed by atoms with Crippen LogP contribution in [0.2, 0.25) is 0 Å². The Morgan fingerprint density at radius 1 is 0.857 bits per heavy atom. The van der Waals surface area contributed by atoms with Gasteiger partial charge in [-0.2, -0.15) is 0 Å². The van der Waals surface area contributed by atoms with E-state index in [1.54, 1.807) is 0 Å². The van der Waals surface area contributed by atoms with Crippen LogP contribution in [0.25, 0.3) is 0 Å². The maximum atomic E-state index is 7.33. The molecule has 0 atom stereocenters. The summed E-state index contributed by atoms with van der Waals surface area (Å²) in [7, 11) is -4.31. The maximum Gasteiger partial charge on any atom is 0.668 e. The van der Waals surface area contributed by atoms with Crippen LogP contribution in [-0.2, 0) is 0 Å². The van der Waals surface area contributed by atoms with Gasteiger partial charge in [0.05, 0.1) is 0 Å². The summed E-state index contributed by atoms with van der Waals surface area (Å²) in [5.41, 5.74) is 0. The smallest absolute Gasteiger partial charge is 0.442 e. The fraction of sp³-hybridized carbons (Fsp3) is 0. The highest BCUT2D eigenvalue weighted by Crippen LogP contribution is 1.67. The van der Waals surface area contributed by atoms with Crippen LogP contribution in [0.3, 0.4) is 0 Å². The topological polar surface area (TPSA) is 101 Å². The summed E-state index contributed by atoms with van der Waals surface area (Å²) in [6.07, 6.45) is 0. The van der Waals surface area contributed by atoms with Gasteiger partial charge in [0, 0.05) is 0 Å². The normalized spacial score (nSPS) is 9.86. The predicted octanol–water partition coefficient (Wildman–Crippen LogP) is -4.35. The molecule has 7 heteroatoms. The van der Waals surface area contributed by atoms with Gasteiger partial charge in [0.25, 0.3) is 0 Å². The summed E-state index contributed by atoms with van der Waals surface area (Å²) in [6, 6.07) is 0. The first-order valence-electron chi connectivity index (χ1n) is 1.34. The molecule has 0 rings (SSSR count). The fourth-order valence-corrected chi connectivity index (χ4v) is 0. The molecule has 0 saturated heterocycles. The first-order valence-corrected chi connectivity index (χ1v) is 4.02. The Kier molecular flexibility index (Phi) is 6.44. The summed E-state index contributed by atoms with van der Waals surface area (Å²) >= 11 is 0. The zero-order valence-corrected chi connectivity index (χ0v) is 6.74. The summed E-state index contributed by atoms with van der Waals surface area (Å²) in [6.45, 7) is 0. The van der Waals surface area contributed by atoms with E-state index in [2.05, 4.69) is 0 Å². The molecule has 0 aromatic rings. The van der Waals surface area contributed by atoms with E-state index in [4.69, 9.17) is 24.0 Å². The molecule has 7 heavy (non-hydrogen) atoms. The maximum absolute atomic E-state index is 7.33. The second-order valence-corrected chi connectivity index (χ2v) is 1.80. The SMILES string of the molecule is O[SiH3].O[Si](O)(O)O. The van der Waals surface area contributed by atoms with Gasteiger partial charge in [-0.15, -0.1) is 0 Å². The Bertz CT molecular complexity index is 21.6. The average Bonchev–Trinajstić information content (AvgIpc) is 1.36. The molecule has 0 radical (unpaired) electrons. The highest BCUT2D eigenvalue weighted by Gasteiger charge is 2.22. The third kappa shape index (κ3) is 2040. The van der Waals surface area contributed by atoms with E-state index >= 15 is 0 Å². The highest BCUT2D eigenvalue weighted by molar-refractivity contribution is 6.46. The van der Waals surface area contributed by atoms with Crippen LogP contribution in [-0.4, -0.2) is 43.5 Å². The molecule has 0 amide bonds. The number of rotatable bonds is 0. The molecule has 0 aromatic carbocycles. The highest BCUT2D eigenvalue weighted by atomic mass is 28.4. The number of hydrogen-bond acceptors (Lipinski definition) is 5. The van der Waals surface area contributed by atoms with Gasteiger partial charge in [-0.3, -0.25) is 0 Å². The van der Waals surface area contributed by atoms with Gasteiger partial charge >= 0.3 is 9.05 Å². The van der Waals surface area contributed by atoms with Gasteiger partial charge in [-0.1, -0.05) is 0 Å². The van der Waals surface area contributed by atoms with Crippen molar-refractivity contribution in [2.75, 3.05) is 0 Å². The molecule has 0 fully saturated rings. The van der Waals surface area contributed by atoms with Crippen molar-refractivity contribution in [3.8, 4) is 0 Å². The first-order chi connectivity index (χ1) is 3.00. The van der Waals surface area contributed by atoms with E-state index in [-0.39, 0.29) is 0 Å². The molecule has 0 unspecified atom stereocenters. The zero-order chi connectivity index (χ0) is 6.50. The zero-order valence-electron chi connectivity index (χ0n) is 3.74. The minimum atomic E-state index is -4.61. The summed E-state index contributed by atoms with van der Waals surface area (Å²) in [5, 5.41) is 0. The predicted molar refractivity (Wildman–Crippen MR) is 26.8 cm³/mol. The lowest BCUT2D eigenvalue weighted by Gasteiger charge is -1.91. The molecule has 46 valence electrons. The number of hydrogen-bond donors (Lipinski definition) is 5. The van der Waals surface area contributed by atoms with Crippen molar-refractivity contribution in [2.45, 2.75) is 0 Å². The summed E-state index contributed by atoms with van der Waals surface area (Å²) < 4.78 is 0. The van der Waals surface area contributed by atoms with Crippen LogP contribution in [0.4, 0.5) is 0 Å². The third-order valence-corrected chi connectivity index (χ3v) is 0. The van der Waals surface area contributed by atoms with Gasteiger partial charge < -0.3 is 24.0 Å². The van der Waals surface area contributed by atoms with Gasteiger partial charge in [0.1, 0.15) is 10.5 Å². The van der Waals surface area contributed by atoms with E-state index < -0.39 is 9.05 Å². The molecule has 0 heterocycles. The van der Waals surface area contributed by atoms with Crippen molar-refractivity contribution in [3.63, 3.8) is 0 Å². The largest absolute Gasteiger partial charge is 0.668 e. The van der Waals surface area contributed by atoms with Crippen molar-refractivity contribution in [1.29, 1.82) is 0 Å². The molecular formula is H8O5Si2. The van der Waals surface area contributed by atoms with Gasteiger partial charge in [0.15, 0.2) is 0 Å². The van der Waals surface area contributed by atoms with Crippen molar-refractivity contribution in [2.24, 2.45) is 0 Å².